The Balaban J connectivity index is 3.08. The van der Waals surface area contributed by atoms with Crippen molar-refractivity contribution in [2.75, 3.05) is 0 Å². The van der Waals surface area contributed by atoms with E-state index in [4.69, 9.17) is 16.7 Å². The van der Waals surface area contributed by atoms with Crippen molar-refractivity contribution < 1.29 is 9.90 Å². The van der Waals surface area contributed by atoms with Crippen LogP contribution >= 0.6 is 11.6 Å². The fourth-order valence-electron chi connectivity index (χ4n) is 0.954. The number of pyridine rings is 1. The van der Waals surface area contributed by atoms with E-state index in [1.807, 2.05) is 0 Å². The zero-order valence-electron chi connectivity index (χ0n) is 7.18. The minimum Gasteiger partial charge on any atom is -0.478 e. The molecule has 0 amide bonds. The molecule has 0 bridgehead atoms. The number of carbonyl (C=O) groups is 1. The second-order valence-electron chi connectivity index (χ2n) is 2.58. The fraction of sp³-hybridized carbons (Fsp3) is 0.111. The summed E-state index contributed by atoms with van der Waals surface area (Å²) in [5.74, 6) is -1.06. The van der Waals surface area contributed by atoms with E-state index in [2.05, 4.69) is 0 Å². The maximum Gasteiger partial charge on any atom is 0.337 e. The first-order valence-electron chi connectivity index (χ1n) is 3.84. The summed E-state index contributed by atoms with van der Waals surface area (Å²) in [5, 5.41) is 8.67. The quantitative estimate of drug-likeness (QED) is 0.823. The van der Waals surface area contributed by atoms with Crippen LogP contribution in [-0.2, 0) is 6.54 Å². The maximum atomic E-state index is 11.2. The van der Waals surface area contributed by atoms with Crippen LogP contribution in [0.5, 0.6) is 0 Å². The van der Waals surface area contributed by atoms with Crippen molar-refractivity contribution in [3.05, 3.63) is 45.9 Å². The standard InChI is InChI=1S/C9H8ClNO3/c10-4-1-5-11-6-7(9(13)14)2-3-8(11)12/h1-4,6H,5H2,(H,13,14)/b4-1+. The third kappa shape index (κ3) is 2.47. The average Bonchev–Trinajstić information content (AvgIpc) is 2.16. The van der Waals surface area contributed by atoms with E-state index in [-0.39, 0.29) is 17.7 Å². The Hall–Kier alpha value is -1.55. The fourth-order valence-corrected chi connectivity index (χ4v) is 1.03. The third-order valence-electron chi connectivity index (χ3n) is 1.62. The molecule has 0 saturated carbocycles. The van der Waals surface area contributed by atoms with Gasteiger partial charge in [0.15, 0.2) is 0 Å². The summed E-state index contributed by atoms with van der Waals surface area (Å²) in [6.45, 7) is 0.267. The van der Waals surface area contributed by atoms with Crippen molar-refractivity contribution in [3.8, 4) is 0 Å². The number of rotatable bonds is 3. The van der Waals surface area contributed by atoms with Crippen LogP contribution in [0.2, 0.25) is 0 Å². The molecule has 5 heteroatoms. The highest BCUT2D eigenvalue weighted by molar-refractivity contribution is 6.25. The van der Waals surface area contributed by atoms with Crippen molar-refractivity contribution >= 4 is 17.6 Å². The van der Waals surface area contributed by atoms with E-state index in [0.717, 1.165) is 0 Å². The third-order valence-corrected chi connectivity index (χ3v) is 1.80. The number of aromatic carboxylic acids is 1. The van der Waals surface area contributed by atoms with Gasteiger partial charge in [-0.1, -0.05) is 17.7 Å². The van der Waals surface area contributed by atoms with Gasteiger partial charge in [-0.05, 0) is 6.07 Å². The molecule has 0 spiro atoms. The van der Waals surface area contributed by atoms with Crippen LogP contribution in [0.3, 0.4) is 0 Å². The Morgan fingerprint density at radius 1 is 1.57 bits per heavy atom. The second kappa shape index (κ2) is 4.62. The highest BCUT2D eigenvalue weighted by Crippen LogP contribution is 1.96. The van der Waals surface area contributed by atoms with Gasteiger partial charge < -0.3 is 9.67 Å². The maximum absolute atomic E-state index is 11.2. The molecule has 1 rings (SSSR count). The molecule has 1 heterocycles. The number of carboxylic acid groups (broad SMARTS) is 1. The minimum atomic E-state index is -1.06. The molecule has 1 aromatic rings. The van der Waals surface area contributed by atoms with Crippen molar-refractivity contribution in [1.29, 1.82) is 0 Å². The lowest BCUT2D eigenvalue weighted by Crippen LogP contribution is -2.19. The lowest BCUT2D eigenvalue weighted by atomic mass is 10.3. The predicted molar refractivity (Wildman–Crippen MR) is 52.7 cm³/mol. The van der Waals surface area contributed by atoms with Crippen molar-refractivity contribution in [3.63, 3.8) is 0 Å². The van der Waals surface area contributed by atoms with Gasteiger partial charge in [0, 0.05) is 24.3 Å². The van der Waals surface area contributed by atoms with E-state index >= 15 is 0 Å². The van der Waals surface area contributed by atoms with Gasteiger partial charge in [-0.15, -0.1) is 0 Å². The molecule has 0 aliphatic heterocycles. The molecule has 0 saturated heterocycles. The topological polar surface area (TPSA) is 59.3 Å². The molecule has 0 unspecified atom stereocenters. The van der Waals surface area contributed by atoms with Gasteiger partial charge in [0.25, 0.3) is 5.56 Å². The van der Waals surface area contributed by atoms with Gasteiger partial charge in [0.2, 0.25) is 0 Å². The Morgan fingerprint density at radius 2 is 2.29 bits per heavy atom. The second-order valence-corrected chi connectivity index (χ2v) is 2.83. The Bertz CT molecular complexity index is 422. The monoisotopic (exact) mass is 213 g/mol. The number of carboxylic acids is 1. The van der Waals surface area contributed by atoms with E-state index in [9.17, 15) is 9.59 Å². The predicted octanol–water partition coefficient (Wildman–Crippen LogP) is 1.30. The van der Waals surface area contributed by atoms with Gasteiger partial charge >= 0.3 is 5.97 Å². The summed E-state index contributed by atoms with van der Waals surface area (Å²) in [6, 6.07) is 2.48. The molecule has 1 N–H and O–H groups in total. The van der Waals surface area contributed by atoms with Crippen LogP contribution < -0.4 is 5.56 Å². The van der Waals surface area contributed by atoms with Crippen molar-refractivity contribution in [2.24, 2.45) is 0 Å². The largest absolute Gasteiger partial charge is 0.478 e. The molecule has 0 aliphatic carbocycles. The number of hydrogen-bond acceptors (Lipinski definition) is 2. The van der Waals surface area contributed by atoms with Crippen molar-refractivity contribution in [1.82, 2.24) is 4.57 Å². The summed E-state index contributed by atoms with van der Waals surface area (Å²) < 4.78 is 1.27. The van der Waals surface area contributed by atoms with Gasteiger partial charge in [-0.2, -0.15) is 0 Å². The SMILES string of the molecule is O=C(O)c1ccc(=O)n(C/C=C/Cl)c1. The first-order chi connectivity index (χ1) is 6.65. The summed E-state index contributed by atoms with van der Waals surface area (Å²) in [4.78, 5) is 21.8. The van der Waals surface area contributed by atoms with E-state index in [1.165, 1.54) is 28.4 Å². The number of allylic oxidation sites excluding steroid dienone is 1. The van der Waals surface area contributed by atoms with Crippen molar-refractivity contribution in [2.45, 2.75) is 6.54 Å². The zero-order valence-corrected chi connectivity index (χ0v) is 7.94. The van der Waals surface area contributed by atoms with Gasteiger partial charge in [0.05, 0.1) is 5.56 Å². The molecular formula is C9H8ClNO3. The lowest BCUT2D eigenvalue weighted by molar-refractivity contribution is 0.0696. The van der Waals surface area contributed by atoms with Crippen LogP contribution in [0.4, 0.5) is 0 Å². The summed E-state index contributed by atoms with van der Waals surface area (Å²) >= 11 is 5.29. The van der Waals surface area contributed by atoms with E-state index in [1.54, 1.807) is 6.08 Å². The van der Waals surface area contributed by atoms with Gasteiger partial charge in [-0.25, -0.2) is 4.79 Å². The van der Waals surface area contributed by atoms with Gasteiger partial charge in [0.1, 0.15) is 0 Å². The highest BCUT2D eigenvalue weighted by atomic mass is 35.5. The molecule has 74 valence electrons. The zero-order chi connectivity index (χ0) is 10.6. The smallest absolute Gasteiger partial charge is 0.337 e. The average molecular weight is 214 g/mol. The Labute approximate surface area is 85.1 Å². The summed E-state index contributed by atoms with van der Waals surface area (Å²) in [6.07, 6.45) is 2.83. The van der Waals surface area contributed by atoms with Crippen LogP contribution in [0.25, 0.3) is 0 Å². The molecule has 0 aliphatic rings. The molecular weight excluding hydrogens is 206 g/mol. The lowest BCUT2D eigenvalue weighted by Gasteiger charge is -2.01. The summed E-state index contributed by atoms with van der Waals surface area (Å²) in [5.41, 5.74) is 1.09. The molecule has 0 radical (unpaired) electrons. The molecule has 0 atom stereocenters. The normalized spacial score (nSPS) is 10.6. The molecule has 0 aromatic carbocycles. The number of aromatic nitrogens is 1. The highest BCUT2D eigenvalue weighted by Gasteiger charge is 2.03. The number of halogens is 1. The Morgan fingerprint density at radius 3 is 2.86 bits per heavy atom. The molecule has 4 nitrogen and oxygen atoms in total. The molecule has 1 aromatic heterocycles. The first-order valence-corrected chi connectivity index (χ1v) is 4.28. The van der Waals surface area contributed by atoms with E-state index in [0.29, 0.717) is 0 Å². The molecule has 14 heavy (non-hydrogen) atoms. The van der Waals surface area contributed by atoms with Gasteiger partial charge in [-0.3, -0.25) is 4.79 Å². The van der Waals surface area contributed by atoms with Crippen LogP contribution in [0.15, 0.2) is 34.7 Å². The minimum absolute atomic E-state index is 0.0765. The molecule has 0 fully saturated rings. The van der Waals surface area contributed by atoms with Crippen LogP contribution in [0.1, 0.15) is 10.4 Å². The van der Waals surface area contributed by atoms with Crippen LogP contribution in [0, 0.1) is 0 Å². The summed E-state index contributed by atoms with van der Waals surface area (Å²) in [7, 11) is 0. The number of nitrogens with zero attached hydrogens (tertiary/aromatic N) is 1. The number of hydrogen-bond donors (Lipinski definition) is 1. The van der Waals surface area contributed by atoms with Crippen LogP contribution in [-0.4, -0.2) is 15.6 Å². The van der Waals surface area contributed by atoms with E-state index < -0.39 is 5.97 Å². The first kappa shape index (κ1) is 10.5. The Kier molecular flexibility index (Phi) is 3.48.